The lowest BCUT2D eigenvalue weighted by molar-refractivity contribution is 0.0458. The predicted octanol–water partition coefficient (Wildman–Crippen LogP) is 2.11. The molecule has 0 aliphatic rings. The van der Waals surface area contributed by atoms with Crippen LogP contribution in [0.25, 0.3) is 0 Å². The molecule has 2 N–H and O–H groups in total. The number of carbonyl (C=O) groups is 1. The maximum absolute atomic E-state index is 11.8. The van der Waals surface area contributed by atoms with Crippen molar-refractivity contribution >= 4 is 27.6 Å². The molecule has 5 nitrogen and oxygen atoms in total. The zero-order valence-electron chi connectivity index (χ0n) is 10.9. The second kappa shape index (κ2) is 5.90. The van der Waals surface area contributed by atoms with Crippen LogP contribution in [0.1, 0.15) is 29.8 Å². The van der Waals surface area contributed by atoms with Gasteiger partial charge in [0.1, 0.15) is 4.90 Å². The number of aryl methyl sites for hydroxylation is 1. The molecule has 106 valence electrons. The van der Waals surface area contributed by atoms with Crippen LogP contribution in [-0.2, 0) is 14.8 Å². The van der Waals surface area contributed by atoms with E-state index >= 15 is 0 Å². The fraction of sp³-hybridized carbons (Fsp3) is 0.417. The van der Waals surface area contributed by atoms with Gasteiger partial charge in [-0.25, -0.2) is 18.4 Å². The zero-order chi connectivity index (χ0) is 14.8. The number of primary sulfonamides is 1. The van der Waals surface area contributed by atoms with Crippen molar-refractivity contribution in [2.24, 2.45) is 11.1 Å². The molecule has 0 saturated carbocycles. The van der Waals surface area contributed by atoms with Gasteiger partial charge in [0.2, 0.25) is 10.0 Å². The highest BCUT2D eigenvalue weighted by Gasteiger charge is 2.19. The molecule has 0 unspecified atom stereocenters. The molecule has 1 rings (SSSR count). The number of rotatable bonds is 4. The molecule has 1 aromatic carbocycles. The number of carbonyl (C=O) groups excluding carboxylic acids is 1. The Hall–Kier alpha value is -1.11. The fourth-order valence-corrected chi connectivity index (χ4v) is 2.52. The van der Waals surface area contributed by atoms with Crippen molar-refractivity contribution in [3.63, 3.8) is 0 Å². The smallest absolute Gasteiger partial charge is 0.338 e. The summed E-state index contributed by atoms with van der Waals surface area (Å²) in [5.74, 6) is -0.409. The van der Waals surface area contributed by atoms with E-state index in [1.807, 2.05) is 13.8 Å². The first-order chi connectivity index (χ1) is 8.62. The molecule has 0 fully saturated rings. The number of hydrogen-bond acceptors (Lipinski definition) is 4. The third-order valence-electron chi connectivity index (χ3n) is 2.31. The van der Waals surface area contributed by atoms with Gasteiger partial charge in [-0.3, -0.25) is 0 Å². The first kappa shape index (κ1) is 15.9. The van der Waals surface area contributed by atoms with Gasteiger partial charge >= 0.3 is 5.97 Å². The molecule has 0 aromatic heterocycles. The van der Waals surface area contributed by atoms with Gasteiger partial charge in [0.05, 0.1) is 17.2 Å². The van der Waals surface area contributed by atoms with Crippen LogP contribution >= 0.6 is 11.6 Å². The Balaban J connectivity index is 3.18. The number of esters is 1. The van der Waals surface area contributed by atoms with Crippen LogP contribution in [0.2, 0.25) is 5.02 Å². The predicted molar refractivity (Wildman–Crippen MR) is 72.7 cm³/mol. The number of nitrogens with two attached hydrogens (primary N) is 1. The second-order valence-corrected chi connectivity index (χ2v) is 6.55. The maximum atomic E-state index is 11.8. The van der Waals surface area contributed by atoms with Crippen molar-refractivity contribution in [2.45, 2.75) is 25.7 Å². The Bertz CT molecular complexity index is 596. The van der Waals surface area contributed by atoms with E-state index in [2.05, 4.69) is 0 Å². The highest BCUT2D eigenvalue weighted by atomic mass is 35.5. The minimum Gasteiger partial charge on any atom is -0.462 e. The Labute approximate surface area is 117 Å². The summed E-state index contributed by atoms with van der Waals surface area (Å²) in [6, 6.07) is 2.60. The topological polar surface area (TPSA) is 86.5 Å². The van der Waals surface area contributed by atoms with E-state index in [-0.39, 0.29) is 28.0 Å². The van der Waals surface area contributed by atoms with Crippen molar-refractivity contribution in [3.05, 3.63) is 28.3 Å². The maximum Gasteiger partial charge on any atom is 0.338 e. The van der Waals surface area contributed by atoms with Crippen LogP contribution < -0.4 is 5.14 Å². The van der Waals surface area contributed by atoms with Crippen molar-refractivity contribution in [1.29, 1.82) is 0 Å². The Morgan fingerprint density at radius 1 is 1.42 bits per heavy atom. The molecule has 0 spiro atoms. The average Bonchev–Trinajstić information content (AvgIpc) is 2.27. The largest absolute Gasteiger partial charge is 0.462 e. The van der Waals surface area contributed by atoms with Gasteiger partial charge in [0.15, 0.2) is 0 Å². The third kappa shape index (κ3) is 4.19. The van der Waals surface area contributed by atoms with Crippen LogP contribution in [0, 0.1) is 12.8 Å². The lowest BCUT2D eigenvalue weighted by atomic mass is 10.1. The summed E-state index contributed by atoms with van der Waals surface area (Å²) >= 11 is 5.87. The number of hydrogen-bond donors (Lipinski definition) is 1. The zero-order valence-corrected chi connectivity index (χ0v) is 12.5. The lowest BCUT2D eigenvalue weighted by Crippen LogP contribution is -2.16. The number of sulfonamides is 1. The van der Waals surface area contributed by atoms with E-state index in [1.165, 1.54) is 6.07 Å². The standard InChI is InChI=1S/C12H16ClNO4S/c1-7(2)6-18-12(15)9-4-8(3)11(13)10(5-9)19(14,16)17/h4-5,7H,6H2,1-3H3,(H2,14,16,17). The van der Waals surface area contributed by atoms with Gasteiger partial charge in [0.25, 0.3) is 0 Å². The van der Waals surface area contributed by atoms with Crippen molar-refractivity contribution in [2.75, 3.05) is 6.61 Å². The van der Waals surface area contributed by atoms with Crippen LogP contribution in [0.15, 0.2) is 17.0 Å². The summed E-state index contributed by atoms with van der Waals surface area (Å²) in [4.78, 5) is 11.5. The SMILES string of the molecule is Cc1cc(C(=O)OCC(C)C)cc(S(N)(=O)=O)c1Cl. The van der Waals surface area contributed by atoms with Gasteiger partial charge in [-0.05, 0) is 30.5 Å². The monoisotopic (exact) mass is 305 g/mol. The Morgan fingerprint density at radius 3 is 2.47 bits per heavy atom. The van der Waals surface area contributed by atoms with Crippen LogP contribution in [-0.4, -0.2) is 21.0 Å². The van der Waals surface area contributed by atoms with Gasteiger partial charge in [-0.1, -0.05) is 25.4 Å². The van der Waals surface area contributed by atoms with E-state index in [0.717, 1.165) is 6.07 Å². The Morgan fingerprint density at radius 2 is 2.00 bits per heavy atom. The highest BCUT2D eigenvalue weighted by Crippen LogP contribution is 2.26. The van der Waals surface area contributed by atoms with Crippen LogP contribution in [0.3, 0.4) is 0 Å². The van der Waals surface area contributed by atoms with Gasteiger partial charge < -0.3 is 4.74 Å². The third-order valence-corrected chi connectivity index (χ3v) is 3.86. The summed E-state index contributed by atoms with van der Waals surface area (Å²) in [5, 5.41) is 5.07. The molecule has 0 aliphatic heterocycles. The van der Waals surface area contributed by atoms with Gasteiger partial charge in [-0.15, -0.1) is 0 Å². The molecule has 0 saturated heterocycles. The molecular weight excluding hydrogens is 290 g/mol. The molecule has 19 heavy (non-hydrogen) atoms. The summed E-state index contributed by atoms with van der Waals surface area (Å²) in [5.41, 5.74) is 0.566. The second-order valence-electron chi connectivity index (χ2n) is 4.64. The van der Waals surface area contributed by atoms with Crippen molar-refractivity contribution in [3.8, 4) is 0 Å². The summed E-state index contributed by atoms with van der Waals surface area (Å²) < 4.78 is 27.8. The number of ether oxygens (including phenoxy) is 1. The lowest BCUT2D eigenvalue weighted by Gasteiger charge is -2.10. The molecular formula is C12H16ClNO4S. The van der Waals surface area contributed by atoms with Crippen LogP contribution in [0.5, 0.6) is 0 Å². The minimum atomic E-state index is -3.98. The number of halogens is 1. The average molecular weight is 306 g/mol. The van der Waals surface area contributed by atoms with E-state index in [9.17, 15) is 13.2 Å². The van der Waals surface area contributed by atoms with Crippen molar-refractivity contribution < 1.29 is 17.9 Å². The van der Waals surface area contributed by atoms with Gasteiger partial charge in [0, 0.05) is 0 Å². The van der Waals surface area contributed by atoms with Crippen molar-refractivity contribution in [1.82, 2.24) is 0 Å². The van der Waals surface area contributed by atoms with E-state index in [1.54, 1.807) is 6.92 Å². The Kier molecular flexibility index (Phi) is 4.95. The molecule has 0 aliphatic carbocycles. The first-order valence-electron chi connectivity index (χ1n) is 5.63. The molecule has 1 aromatic rings. The first-order valence-corrected chi connectivity index (χ1v) is 7.55. The van der Waals surface area contributed by atoms with E-state index in [0.29, 0.717) is 5.56 Å². The normalized spacial score (nSPS) is 11.7. The summed E-state index contributed by atoms with van der Waals surface area (Å²) in [6.07, 6.45) is 0. The molecule has 0 amide bonds. The highest BCUT2D eigenvalue weighted by molar-refractivity contribution is 7.89. The molecule has 0 heterocycles. The van der Waals surface area contributed by atoms with Gasteiger partial charge in [-0.2, -0.15) is 0 Å². The molecule has 0 atom stereocenters. The molecule has 0 bridgehead atoms. The van der Waals surface area contributed by atoms with E-state index < -0.39 is 16.0 Å². The quantitative estimate of drug-likeness (QED) is 0.863. The summed E-state index contributed by atoms with van der Waals surface area (Å²) in [7, 11) is -3.98. The minimum absolute atomic E-state index is 0.0166. The fourth-order valence-electron chi connectivity index (χ4n) is 1.39. The number of benzene rings is 1. The van der Waals surface area contributed by atoms with E-state index in [4.69, 9.17) is 21.5 Å². The molecule has 7 heteroatoms. The molecule has 0 radical (unpaired) electrons. The van der Waals surface area contributed by atoms with Crippen LogP contribution in [0.4, 0.5) is 0 Å². The summed E-state index contributed by atoms with van der Waals surface area (Å²) in [6.45, 7) is 5.65.